The Morgan fingerprint density at radius 2 is 1.81 bits per heavy atom. The molecule has 0 fully saturated rings. The molecule has 0 atom stereocenters. The van der Waals surface area contributed by atoms with Crippen molar-refractivity contribution in [1.82, 2.24) is 14.5 Å². The number of fused-ring (bicyclic) bond motifs is 1. The molecule has 6 heteroatoms. The summed E-state index contributed by atoms with van der Waals surface area (Å²) in [5, 5.41) is 1.59. The molecule has 0 unspecified atom stereocenters. The van der Waals surface area contributed by atoms with Crippen LogP contribution < -0.4 is 0 Å². The van der Waals surface area contributed by atoms with Gasteiger partial charge in [-0.3, -0.25) is 4.79 Å². The summed E-state index contributed by atoms with van der Waals surface area (Å²) in [6.07, 6.45) is 0. The monoisotopic (exact) mass is 387 g/mol. The van der Waals surface area contributed by atoms with Crippen molar-refractivity contribution in [2.24, 2.45) is 0 Å². The van der Waals surface area contributed by atoms with Crippen molar-refractivity contribution in [2.75, 3.05) is 18.8 Å². The molecular formula is C20H22ClN3OS. The van der Waals surface area contributed by atoms with Crippen molar-refractivity contribution in [3.63, 3.8) is 0 Å². The Hall–Kier alpha value is -1.98. The van der Waals surface area contributed by atoms with Crippen LogP contribution in [-0.4, -0.2) is 39.2 Å². The number of rotatable bonds is 7. The maximum absolute atomic E-state index is 12.4. The third kappa shape index (κ3) is 4.22. The Kier molecular flexibility index (Phi) is 6.22. The zero-order valence-corrected chi connectivity index (χ0v) is 16.6. The van der Waals surface area contributed by atoms with Crippen molar-refractivity contribution >= 4 is 40.3 Å². The highest BCUT2D eigenvalue weighted by atomic mass is 35.5. The summed E-state index contributed by atoms with van der Waals surface area (Å²) in [7, 11) is 0. The van der Waals surface area contributed by atoms with Gasteiger partial charge >= 0.3 is 0 Å². The SMILES string of the molecule is CCN(CC)C(=O)CSc1nc2ccccc2n1Cc1ccc(Cl)cc1. The largest absolute Gasteiger partial charge is 0.343 e. The molecule has 0 saturated heterocycles. The fourth-order valence-electron chi connectivity index (χ4n) is 2.88. The van der Waals surface area contributed by atoms with E-state index in [0.717, 1.165) is 39.9 Å². The quantitative estimate of drug-likeness (QED) is 0.551. The van der Waals surface area contributed by atoms with E-state index in [4.69, 9.17) is 16.6 Å². The van der Waals surface area contributed by atoms with E-state index in [9.17, 15) is 4.79 Å². The fourth-order valence-corrected chi connectivity index (χ4v) is 3.93. The first-order chi connectivity index (χ1) is 12.6. The van der Waals surface area contributed by atoms with E-state index in [1.54, 1.807) is 0 Å². The number of benzene rings is 2. The molecule has 26 heavy (non-hydrogen) atoms. The van der Waals surface area contributed by atoms with Crippen LogP contribution in [0.3, 0.4) is 0 Å². The average molecular weight is 388 g/mol. The maximum atomic E-state index is 12.4. The standard InChI is InChI=1S/C20H22ClN3OS/c1-3-23(4-2)19(25)14-26-20-22-17-7-5-6-8-18(17)24(20)13-15-9-11-16(21)12-10-15/h5-12H,3-4,13-14H2,1-2H3. The second kappa shape index (κ2) is 8.60. The lowest BCUT2D eigenvalue weighted by Gasteiger charge is -2.18. The molecule has 3 rings (SSSR count). The number of para-hydroxylation sites is 2. The summed E-state index contributed by atoms with van der Waals surface area (Å²) in [5.41, 5.74) is 3.16. The van der Waals surface area contributed by atoms with Gasteiger partial charge in [0.25, 0.3) is 0 Å². The Morgan fingerprint density at radius 1 is 1.12 bits per heavy atom. The van der Waals surface area contributed by atoms with Gasteiger partial charge in [0.2, 0.25) is 5.91 Å². The lowest BCUT2D eigenvalue weighted by molar-refractivity contribution is -0.127. The van der Waals surface area contributed by atoms with Crippen LogP contribution in [-0.2, 0) is 11.3 Å². The number of carbonyl (C=O) groups is 1. The number of hydrogen-bond donors (Lipinski definition) is 0. The van der Waals surface area contributed by atoms with E-state index in [1.165, 1.54) is 11.8 Å². The Balaban J connectivity index is 1.87. The smallest absolute Gasteiger partial charge is 0.233 e. The maximum Gasteiger partial charge on any atom is 0.233 e. The number of nitrogens with zero attached hydrogens (tertiary/aromatic N) is 3. The van der Waals surface area contributed by atoms with E-state index in [0.29, 0.717) is 12.3 Å². The number of thioether (sulfide) groups is 1. The molecule has 0 spiro atoms. The summed E-state index contributed by atoms with van der Waals surface area (Å²) in [6.45, 7) is 6.16. The summed E-state index contributed by atoms with van der Waals surface area (Å²) >= 11 is 7.49. The van der Waals surface area contributed by atoms with Gasteiger partial charge in [-0.15, -0.1) is 0 Å². The lowest BCUT2D eigenvalue weighted by atomic mass is 10.2. The van der Waals surface area contributed by atoms with Gasteiger partial charge in [-0.1, -0.05) is 47.6 Å². The van der Waals surface area contributed by atoms with E-state index in [2.05, 4.69) is 10.6 Å². The number of aromatic nitrogens is 2. The molecule has 0 aliphatic carbocycles. The normalized spacial score (nSPS) is 11.0. The van der Waals surface area contributed by atoms with E-state index < -0.39 is 0 Å². The number of amides is 1. The molecule has 4 nitrogen and oxygen atoms in total. The number of halogens is 1. The zero-order valence-electron chi connectivity index (χ0n) is 15.0. The zero-order chi connectivity index (χ0) is 18.5. The average Bonchev–Trinajstić information content (AvgIpc) is 3.00. The van der Waals surface area contributed by atoms with Crippen LogP contribution in [0.4, 0.5) is 0 Å². The second-order valence-electron chi connectivity index (χ2n) is 5.95. The highest BCUT2D eigenvalue weighted by Gasteiger charge is 2.15. The molecule has 0 aliphatic rings. The van der Waals surface area contributed by atoms with Crippen molar-refractivity contribution in [3.05, 3.63) is 59.1 Å². The van der Waals surface area contributed by atoms with Gasteiger partial charge in [0.1, 0.15) is 0 Å². The van der Waals surface area contributed by atoms with Crippen LogP contribution in [0.15, 0.2) is 53.7 Å². The molecule has 0 saturated carbocycles. The highest BCUT2D eigenvalue weighted by molar-refractivity contribution is 7.99. The summed E-state index contributed by atoms with van der Waals surface area (Å²) < 4.78 is 2.17. The third-order valence-corrected chi connectivity index (χ3v) is 5.53. The van der Waals surface area contributed by atoms with Crippen LogP contribution in [0, 0.1) is 0 Å². The molecule has 0 aliphatic heterocycles. The number of hydrogen-bond acceptors (Lipinski definition) is 3. The van der Waals surface area contributed by atoms with Crippen molar-refractivity contribution in [3.8, 4) is 0 Å². The lowest BCUT2D eigenvalue weighted by Crippen LogP contribution is -2.31. The predicted molar refractivity (Wildman–Crippen MR) is 109 cm³/mol. The predicted octanol–water partition coefficient (Wildman–Crippen LogP) is 4.70. The van der Waals surface area contributed by atoms with Crippen molar-refractivity contribution < 1.29 is 4.79 Å². The van der Waals surface area contributed by atoms with Crippen LogP contribution in [0.5, 0.6) is 0 Å². The van der Waals surface area contributed by atoms with E-state index in [-0.39, 0.29) is 5.91 Å². The van der Waals surface area contributed by atoms with Crippen LogP contribution in [0.2, 0.25) is 5.02 Å². The van der Waals surface area contributed by atoms with Gasteiger partial charge in [-0.05, 0) is 43.7 Å². The number of carbonyl (C=O) groups excluding carboxylic acids is 1. The fraction of sp³-hybridized carbons (Fsp3) is 0.300. The molecule has 1 aromatic heterocycles. The summed E-state index contributed by atoms with van der Waals surface area (Å²) in [4.78, 5) is 18.9. The summed E-state index contributed by atoms with van der Waals surface area (Å²) in [6, 6.07) is 15.9. The van der Waals surface area contributed by atoms with Gasteiger partial charge in [0.15, 0.2) is 5.16 Å². The first-order valence-electron chi connectivity index (χ1n) is 8.72. The Bertz CT molecular complexity index is 888. The van der Waals surface area contributed by atoms with Gasteiger partial charge in [-0.2, -0.15) is 0 Å². The van der Waals surface area contributed by atoms with Gasteiger partial charge < -0.3 is 9.47 Å². The topological polar surface area (TPSA) is 38.1 Å². The Morgan fingerprint density at radius 3 is 2.50 bits per heavy atom. The van der Waals surface area contributed by atoms with Crippen molar-refractivity contribution in [2.45, 2.75) is 25.5 Å². The van der Waals surface area contributed by atoms with E-state index in [1.807, 2.05) is 61.2 Å². The first kappa shape index (κ1) is 18.8. The molecule has 2 aromatic carbocycles. The van der Waals surface area contributed by atoms with Gasteiger partial charge in [-0.25, -0.2) is 4.98 Å². The van der Waals surface area contributed by atoms with Crippen LogP contribution in [0.25, 0.3) is 11.0 Å². The molecule has 1 heterocycles. The molecule has 1 amide bonds. The van der Waals surface area contributed by atoms with Gasteiger partial charge in [0, 0.05) is 18.1 Å². The Labute approximate surface area is 163 Å². The van der Waals surface area contributed by atoms with E-state index >= 15 is 0 Å². The molecular weight excluding hydrogens is 366 g/mol. The van der Waals surface area contributed by atoms with Crippen molar-refractivity contribution in [1.29, 1.82) is 0 Å². The second-order valence-corrected chi connectivity index (χ2v) is 7.33. The van der Waals surface area contributed by atoms with Crippen LogP contribution in [0.1, 0.15) is 19.4 Å². The minimum atomic E-state index is 0.144. The molecule has 3 aromatic rings. The highest BCUT2D eigenvalue weighted by Crippen LogP contribution is 2.26. The minimum absolute atomic E-state index is 0.144. The molecule has 0 N–H and O–H groups in total. The third-order valence-electron chi connectivity index (χ3n) is 4.31. The summed E-state index contributed by atoms with van der Waals surface area (Å²) in [5.74, 6) is 0.538. The molecule has 0 radical (unpaired) electrons. The van der Waals surface area contributed by atoms with Gasteiger partial charge in [0.05, 0.1) is 23.3 Å². The number of imidazole rings is 1. The molecule has 136 valence electrons. The minimum Gasteiger partial charge on any atom is -0.343 e. The first-order valence-corrected chi connectivity index (χ1v) is 10.1. The van der Waals surface area contributed by atoms with Crippen LogP contribution >= 0.6 is 23.4 Å². The molecule has 0 bridgehead atoms.